The summed E-state index contributed by atoms with van der Waals surface area (Å²) in [6.07, 6.45) is -4.45. The number of rotatable bonds is 8. The van der Waals surface area contributed by atoms with Crippen LogP contribution in [0.15, 0.2) is 66.7 Å². The largest absolute Gasteiger partial charge is 0.484 e. The highest BCUT2D eigenvalue weighted by Crippen LogP contribution is 2.33. The molecule has 0 unspecified atom stereocenters. The molecule has 3 aromatic carbocycles. The molecule has 2 N–H and O–H groups in total. The first-order valence-electron chi connectivity index (χ1n) is 12.3. The zero-order valence-electron chi connectivity index (χ0n) is 21.0. The van der Waals surface area contributed by atoms with Crippen molar-refractivity contribution in [1.82, 2.24) is 5.32 Å². The van der Waals surface area contributed by atoms with Gasteiger partial charge < -0.3 is 29.7 Å². The van der Waals surface area contributed by atoms with Gasteiger partial charge in [-0.15, -0.1) is 0 Å². The van der Waals surface area contributed by atoms with Crippen molar-refractivity contribution in [2.75, 3.05) is 30.2 Å². The minimum absolute atomic E-state index is 0.000743. The van der Waals surface area contributed by atoms with Gasteiger partial charge in [0.05, 0.1) is 11.5 Å². The normalized spacial score (nSPS) is 16.1. The molecule has 0 aliphatic carbocycles. The molecule has 12 heteroatoms. The number of amides is 3. The first-order valence-corrected chi connectivity index (χ1v) is 12.3. The van der Waals surface area contributed by atoms with Crippen LogP contribution in [0.1, 0.15) is 17.5 Å². The van der Waals surface area contributed by atoms with Crippen molar-refractivity contribution >= 4 is 29.1 Å². The van der Waals surface area contributed by atoms with E-state index in [1.807, 2.05) is 6.07 Å². The molecule has 3 amide bonds. The van der Waals surface area contributed by atoms with Crippen LogP contribution in [0.3, 0.4) is 0 Å². The topological polar surface area (TPSA) is 106 Å². The molecule has 40 heavy (non-hydrogen) atoms. The SMILES string of the molecule is O=C(COc1ccc(N2C[C@@H](C(=O)NCc3ccc4c(c3)OCO4)CC2=O)cc1)Nc1cccc(C(F)(F)F)c1. The summed E-state index contributed by atoms with van der Waals surface area (Å²) < 4.78 is 54.6. The van der Waals surface area contributed by atoms with E-state index < -0.39 is 30.2 Å². The maximum absolute atomic E-state index is 12.9. The third-order valence-corrected chi connectivity index (χ3v) is 6.39. The molecule has 0 bridgehead atoms. The van der Waals surface area contributed by atoms with Crippen LogP contribution in [0.2, 0.25) is 0 Å². The highest BCUT2D eigenvalue weighted by Gasteiger charge is 2.35. The molecule has 0 spiro atoms. The lowest BCUT2D eigenvalue weighted by atomic mass is 10.1. The Kier molecular flexibility index (Phi) is 7.50. The number of hydrogen-bond donors (Lipinski definition) is 2. The van der Waals surface area contributed by atoms with Crippen LogP contribution in [0, 0.1) is 5.92 Å². The van der Waals surface area contributed by atoms with E-state index in [0.717, 1.165) is 17.7 Å². The van der Waals surface area contributed by atoms with Crippen molar-refractivity contribution in [1.29, 1.82) is 0 Å². The molecule has 9 nitrogen and oxygen atoms in total. The molecule has 1 atom stereocenters. The quantitative estimate of drug-likeness (QED) is 0.433. The molecular formula is C28H24F3N3O6. The van der Waals surface area contributed by atoms with E-state index in [1.54, 1.807) is 36.4 Å². The fraction of sp³-hybridized carbons (Fsp3) is 0.250. The second-order valence-corrected chi connectivity index (χ2v) is 9.22. The number of anilines is 2. The number of fused-ring (bicyclic) bond motifs is 1. The van der Waals surface area contributed by atoms with Crippen molar-refractivity contribution in [2.24, 2.45) is 5.92 Å². The van der Waals surface area contributed by atoms with Crippen LogP contribution < -0.4 is 29.7 Å². The Balaban J connectivity index is 1.10. The molecule has 0 aromatic heterocycles. The molecule has 2 heterocycles. The van der Waals surface area contributed by atoms with Gasteiger partial charge >= 0.3 is 6.18 Å². The van der Waals surface area contributed by atoms with Crippen LogP contribution in [0.25, 0.3) is 0 Å². The zero-order chi connectivity index (χ0) is 28.3. The second-order valence-electron chi connectivity index (χ2n) is 9.22. The number of ether oxygens (including phenoxy) is 3. The number of hydrogen-bond acceptors (Lipinski definition) is 6. The first-order chi connectivity index (χ1) is 19.2. The maximum Gasteiger partial charge on any atom is 0.416 e. The number of halogens is 3. The van der Waals surface area contributed by atoms with Crippen molar-refractivity contribution in [3.05, 3.63) is 77.9 Å². The van der Waals surface area contributed by atoms with Gasteiger partial charge in [-0.2, -0.15) is 13.2 Å². The number of benzene rings is 3. The Hall–Kier alpha value is -4.74. The van der Waals surface area contributed by atoms with Gasteiger partial charge in [0.2, 0.25) is 18.6 Å². The van der Waals surface area contributed by atoms with Crippen LogP contribution in [-0.2, 0) is 27.1 Å². The zero-order valence-corrected chi connectivity index (χ0v) is 21.0. The molecule has 5 rings (SSSR count). The van der Waals surface area contributed by atoms with Crippen molar-refractivity contribution in [2.45, 2.75) is 19.1 Å². The van der Waals surface area contributed by atoms with Gasteiger partial charge in [-0.25, -0.2) is 0 Å². The average Bonchev–Trinajstić information content (AvgIpc) is 3.57. The van der Waals surface area contributed by atoms with Gasteiger partial charge in [-0.3, -0.25) is 14.4 Å². The van der Waals surface area contributed by atoms with Gasteiger partial charge in [0.15, 0.2) is 18.1 Å². The molecule has 1 saturated heterocycles. The van der Waals surface area contributed by atoms with E-state index in [1.165, 1.54) is 17.0 Å². The highest BCUT2D eigenvalue weighted by molar-refractivity contribution is 6.00. The van der Waals surface area contributed by atoms with E-state index in [2.05, 4.69) is 10.6 Å². The number of carbonyl (C=O) groups excluding carboxylic acids is 3. The smallest absolute Gasteiger partial charge is 0.416 e. The van der Waals surface area contributed by atoms with E-state index in [0.29, 0.717) is 22.9 Å². The summed E-state index contributed by atoms with van der Waals surface area (Å²) in [5.74, 6) is 0.0228. The number of carbonyl (C=O) groups is 3. The standard InChI is InChI=1S/C28H24F3N3O6/c29-28(30,31)19-2-1-3-20(12-19)33-25(35)15-38-22-7-5-21(6-8-22)34-14-18(11-26(34)36)27(37)32-13-17-4-9-23-24(10-17)40-16-39-23/h1-10,12,18H,11,13-16H2,(H,32,37)(H,33,35)/t18-/m0/s1. The molecule has 0 radical (unpaired) electrons. The molecule has 208 valence electrons. The fourth-order valence-electron chi connectivity index (χ4n) is 4.36. The van der Waals surface area contributed by atoms with E-state index in [-0.39, 0.29) is 43.8 Å². The Labute approximate surface area is 226 Å². The van der Waals surface area contributed by atoms with Crippen molar-refractivity contribution in [3.8, 4) is 17.2 Å². The minimum Gasteiger partial charge on any atom is -0.484 e. The maximum atomic E-state index is 12.9. The fourth-order valence-corrected chi connectivity index (χ4v) is 4.36. The second kappa shape index (κ2) is 11.2. The summed E-state index contributed by atoms with van der Waals surface area (Å²) in [6.45, 7) is 0.236. The number of alkyl halides is 3. The Morgan fingerprint density at radius 2 is 1.77 bits per heavy atom. The van der Waals surface area contributed by atoms with Crippen LogP contribution in [0.5, 0.6) is 17.2 Å². The summed E-state index contributed by atoms with van der Waals surface area (Å²) in [5.41, 5.74) is 0.540. The molecular weight excluding hydrogens is 531 g/mol. The predicted molar refractivity (Wildman–Crippen MR) is 137 cm³/mol. The average molecular weight is 556 g/mol. The summed E-state index contributed by atoms with van der Waals surface area (Å²) in [6, 6.07) is 16.1. The van der Waals surface area contributed by atoms with Crippen LogP contribution in [0.4, 0.5) is 24.5 Å². The van der Waals surface area contributed by atoms with Crippen LogP contribution in [-0.4, -0.2) is 37.7 Å². The summed E-state index contributed by atoms with van der Waals surface area (Å²) in [7, 11) is 0. The van der Waals surface area contributed by atoms with Crippen molar-refractivity contribution in [3.63, 3.8) is 0 Å². The van der Waals surface area contributed by atoms with E-state index in [9.17, 15) is 27.6 Å². The Morgan fingerprint density at radius 3 is 2.55 bits per heavy atom. The van der Waals surface area contributed by atoms with Gasteiger partial charge in [-0.1, -0.05) is 12.1 Å². The highest BCUT2D eigenvalue weighted by atomic mass is 19.4. The molecule has 3 aromatic rings. The van der Waals surface area contributed by atoms with Crippen LogP contribution >= 0.6 is 0 Å². The summed E-state index contributed by atoms with van der Waals surface area (Å²) in [5, 5.41) is 5.23. The van der Waals surface area contributed by atoms with Gasteiger partial charge in [0.1, 0.15) is 5.75 Å². The van der Waals surface area contributed by atoms with E-state index in [4.69, 9.17) is 14.2 Å². The lowest BCUT2D eigenvalue weighted by Gasteiger charge is -2.17. The lowest BCUT2D eigenvalue weighted by molar-refractivity contribution is -0.137. The third kappa shape index (κ3) is 6.28. The third-order valence-electron chi connectivity index (χ3n) is 6.39. The molecule has 0 saturated carbocycles. The first kappa shape index (κ1) is 26.9. The minimum atomic E-state index is -4.52. The molecule has 2 aliphatic heterocycles. The van der Waals surface area contributed by atoms with E-state index >= 15 is 0 Å². The number of nitrogens with zero attached hydrogens (tertiary/aromatic N) is 1. The predicted octanol–water partition coefficient (Wildman–Crippen LogP) is 4.12. The monoisotopic (exact) mass is 555 g/mol. The summed E-state index contributed by atoms with van der Waals surface area (Å²) in [4.78, 5) is 39.0. The van der Waals surface area contributed by atoms with Crippen molar-refractivity contribution < 1.29 is 41.8 Å². The lowest BCUT2D eigenvalue weighted by Crippen LogP contribution is -2.32. The number of nitrogens with one attached hydrogen (secondary N) is 2. The molecule has 2 aliphatic rings. The van der Waals surface area contributed by atoms with Gasteiger partial charge in [-0.05, 0) is 60.2 Å². The Bertz CT molecular complexity index is 1430. The van der Waals surface area contributed by atoms with Gasteiger partial charge in [0, 0.05) is 30.9 Å². The molecule has 1 fully saturated rings. The Morgan fingerprint density at radius 1 is 1.00 bits per heavy atom. The summed E-state index contributed by atoms with van der Waals surface area (Å²) >= 11 is 0. The van der Waals surface area contributed by atoms with Gasteiger partial charge in [0.25, 0.3) is 5.91 Å².